The van der Waals surface area contributed by atoms with Crippen molar-refractivity contribution in [1.82, 2.24) is 9.80 Å². The minimum absolute atomic E-state index is 0.0352. The van der Waals surface area contributed by atoms with Crippen LogP contribution < -0.4 is 0 Å². The van der Waals surface area contributed by atoms with Crippen molar-refractivity contribution in [3.8, 4) is 0 Å². The number of nitrogens with zero attached hydrogens (tertiary/aromatic N) is 2. The summed E-state index contributed by atoms with van der Waals surface area (Å²) in [6.45, 7) is 13.6. The van der Waals surface area contributed by atoms with Gasteiger partial charge in [0, 0.05) is 26.2 Å². The maximum atomic E-state index is 11.4. The van der Waals surface area contributed by atoms with Crippen LogP contribution >= 0.6 is 0 Å². The molecule has 0 saturated carbocycles. The van der Waals surface area contributed by atoms with Gasteiger partial charge in [0.2, 0.25) is 11.8 Å². The first kappa shape index (κ1) is 16.4. The summed E-state index contributed by atoms with van der Waals surface area (Å²) in [4.78, 5) is 26.3. The van der Waals surface area contributed by atoms with Gasteiger partial charge in [0.15, 0.2) is 0 Å². The third-order valence-electron chi connectivity index (χ3n) is 2.84. The van der Waals surface area contributed by atoms with Crippen molar-refractivity contribution in [3.63, 3.8) is 0 Å². The average molecular weight is 252 g/mol. The first-order valence-corrected chi connectivity index (χ1v) is 6.43. The van der Waals surface area contributed by atoms with Gasteiger partial charge in [0.05, 0.1) is 0 Å². The number of hydrogen-bond donors (Lipinski definition) is 0. The van der Waals surface area contributed by atoms with Crippen molar-refractivity contribution in [2.45, 2.75) is 26.7 Å². The Morgan fingerprint density at radius 2 is 1.22 bits per heavy atom. The van der Waals surface area contributed by atoms with Crippen molar-refractivity contribution in [1.29, 1.82) is 0 Å². The summed E-state index contributed by atoms with van der Waals surface area (Å²) >= 11 is 0. The van der Waals surface area contributed by atoms with Crippen molar-refractivity contribution in [2.75, 3.05) is 26.2 Å². The lowest BCUT2D eigenvalue weighted by atomic mass is 10.2. The van der Waals surface area contributed by atoms with Crippen LogP contribution in [0.5, 0.6) is 0 Å². The highest BCUT2D eigenvalue weighted by Gasteiger charge is 2.09. The highest BCUT2D eigenvalue weighted by atomic mass is 16.2. The molecule has 18 heavy (non-hydrogen) atoms. The van der Waals surface area contributed by atoms with E-state index in [0.29, 0.717) is 26.2 Å². The highest BCUT2D eigenvalue weighted by Crippen LogP contribution is 2.00. The number of carbonyl (C=O) groups excluding carboxylic acids is 2. The SMILES string of the molecule is C=CC(=O)N(CC)CCCCN(CC)C(=O)C=C. The van der Waals surface area contributed by atoms with Crippen LogP contribution in [0.1, 0.15) is 26.7 Å². The van der Waals surface area contributed by atoms with Crippen LogP contribution in [0.2, 0.25) is 0 Å². The van der Waals surface area contributed by atoms with E-state index < -0.39 is 0 Å². The van der Waals surface area contributed by atoms with Gasteiger partial charge in [0.1, 0.15) is 0 Å². The third-order valence-corrected chi connectivity index (χ3v) is 2.84. The molecule has 0 rings (SSSR count). The van der Waals surface area contributed by atoms with E-state index in [-0.39, 0.29) is 11.8 Å². The lowest BCUT2D eigenvalue weighted by Gasteiger charge is -2.21. The van der Waals surface area contributed by atoms with Gasteiger partial charge in [-0.05, 0) is 38.8 Å². The molecule has 0 aliphatic rings. The molecule has 0 radical (unpaired) electrons. The monoisotopic (exact) mass is 252 g/mol. The van der Waals surface area contributed by atoms with Crippen LogP contribution in [0.25, 0.3) is 0 Å². The van der Waals surface area contributed by atoms with Gasteiger partial charge < -0.3 is 9.80 Å². The van der Waals surface area contributed by atoms with Crippen molar-refractivity contribution >= 4 is 11.8 Å². The van der Waals surface area contributed by atoms with Crippen LogP contribution in [0.15, 0.2) is 25.3 Å². The lowest BCUT2D eigenvalue weighted by molar-refractivity contribution is -0.127. The van der Waals surface area contributed by atoms with E-state index in [2.05, 4.69) is 13.2 Å². The summed E-state index contributed by atoms with van der Waals surface area (Å²) in [6.07, 6.45) is 4.44. The molecule has 0 aliphatic carbocycles. The largest absolute Gasteiger partial charge is 0.339 e. The van der Waals surface area contributed by atoms with Crippen LogP contribution in [-0.4, -0.2) is 47.8 Å². The number of amides is 2. The Balaban J connectivity index is 3.96. The van der Waals surface area contributed by atoms with Gasteiger partial charge in [-0.25, -0.2) is 0 Å². The van der Waals surface area contributed by atoms with E-state index >= 15 is 0 Å². The quantitative estimate of drug-likeness (QED) is 0.464. The van der Waals surface area contributed by atoms with Gasteiger partial charge in [0.25, 0.3) is 0 Å². The summed E-state index contributed by atoms with van der Waals surface area (Å²) in [7, 11) is 0. The van der Waals surface area contributed by atoms with E-state index in [1.807, 2.05) is 13.8 Å². The Morgan fingerprint density at radius 1 is 0.889 bits per heavy atom. The summed E-state index contributed by atoms with van der Waals surface area (Å²) in [6, 6.07) is 0. The fourth-order valence-electron chi connectivity index (χ4n) is 1.71. The van der Waals surface area contributed by atoms with E-state index in [4.69, 9.17) is 0 Å². The molecule has 0 heterocycles. The summed E-state index contributed by atoms with van der Waals surface area (Å²) in [5.41, 5.74) is 0. The Kier molecular flexibility index (Phi) is 8.62. The van der Waals surface area contributed by atoms with Gasteiger partial charge >= 0.3 is 0 Å². The predicted octanol–water partition coefficient (Wildman–Crippen LogP) is 1.84. The molecule has 4 nitrogen and oxygen atoms in total. The van der Waals surface area contributed by atoms with Crippen LogP contribution in [0.4, 0.5) is 0 Å². The molecule has 102 valence electrons. The lowest BCUT2D eigenvalue weighted by Crippen LogP contribution is -2.32. The number of likely N-dealkylation sites (N-methyl/N-ethyl adjacent to an activating group) is 2. The standard InChI is InChI=1S/C14H24N2O2/c1-5-13(17)15(7-3)11-9-10-12-16(8-4)14(18)6-2/h5-6H,1-2,7-12H2,3-4H3. The Morgan fingerprint density at radius 3 is 1.44 bits per heavy atom. The number of rotatable bonds is 9. The molecular formula is C14H24N2O2. The second kappa shape index (κ2) is 9.45. The summed E-state index contributed by atoms with van der Waals surface area (Å²) in [5.74, 6) is -0.0703. The summed E-state index contributed by atoms with van der Waals surface area (Å²) in [5, 5.41) is 0. The zero-order valence-electron chi connectivity index (χ0n) is 11.5. The second-order valence-electron chi connectivity index (χ2n) is 3.95. The molecule has 0 saturated heterocycles. The zero-order valence-corrected chi connectivity index (χ0v) is 11.5. The van der Waals surface area contributed by atoms with Gasteiger partial charge in [-0.15, -0.1) is 0 Å². The fraction of sp³-hybridized carbons (Fsp3) is 0.571. The topological polar surface area (TPSA) is 40.6 Å². The molecular weight excluding hydrogens is 228 g/mol. The predicted molar refractivity (Wildman–Crippen MR) is 74.1 cm³/mol. The molecule has 0 bridgehead atoms. The third kappa shape index (κ3) is 5.66. The number of hydrogen-bond acceptors (Lipinski definition) is 2. The highest BCUT2D eigenvalue weighted by molar-refractivity contribution is 5.87. The van der Waals surface area contributed by atoms with Crippen LogP contribution in [-0.2, 0) is 9.59 Å². The molecule has 0 unspecified atom stereocenters. The molecule has 0 aromatic heterocycles. The summed E-state index contributed by atoms with van der Waals surface area (Å²) < 4.78 is 0. The van der Waals surface area contributed by atoms with E-state index in [0.717, 1.165) is 12.8 Å². The van der Waals surface area contributed by atoms with E-state index in [1.54, 1.807) is 9.80 Å². The van der Waals surface area contributed by atoms with Gasteiger partial charge in [-0.1, -0.05) is 13.2 Å². The molecule has 2 amide bonds. The molecule has 0 atom stereocenters. The molecule has 0 fully saturated rings. The normalized spacial score (nSPS) is 9.67. The van der Waals surface area contributed by atoms with Crippen LogP contribution in [0.3, 0.4) is 0 Å². The molecule has 0 aliphatic heterocycles. The van der Waals surface area contributed by atoms with Crippen LogP contribution in [0, 0.1) is 0 Å². The molecule has 0 spiro atoms. The van der Waals surface area contributed by atoms with E-state index in [9.17, 15) is 9.59 Å². The fourth-order valence-corrected chi connectivity index (χ4v) is 1.71. The van der Waals surface area contributed by atoms with Gasteiger partial charge in [-0.3, -0.25) is 9.59 Å². The first-order chi connectivity index (χ1) is 8.60. The minimum Gasteiger partial charge on any atom is -0.339 e. The van der Waals surface area contributed by atoms with Crippen molar-refractivity contribution in [2.24, 2.45) is 0 Å². The first-order valence-electron chi connectivity index (χ1n) is 6.43. The Bertz CT molecular complexity index is 270. The second-order valence-corrected chi connectivity index (χ2v) is 3.95. The minimum atomic E-state index is -0.0352. The maximum absolute atomic E-state index is 11.4. The maximum Gasteiger partial charge on any atom is 0.245 e. The van der Waals surface area contributed by atoms with Gasteiger partial charge in [-0.2, -0.15) is 0 Å². The number of unbranched alkanes of at least 4 members (excludes halogenated alkanes) is 1. The smallest absolute Gasteiger partial charge is 0.245 e. The number of carbonyl (C=O) groups is 2. The average Bonchev–Trinajstić information content (AvgIpc) is 2.41. The van der Waals surface area contributed by atoms with Crippen molar-refractivity contribution in [3.05, 3.63) is 25.3 Å². The Labute approximate surface area is 110 Å². The molecule has 0 aromatic rings. The van der Waals surface area contributed by atoms with Crippen molar-refractivity contribution < 1.29 is 9.59 Å². The molecule has 0 N–H and O–H groups in total. The van der Waals surface area contributed by atoms with E-state index in [1.165, 1.54) is 12.2 Å². The molecule has 0 aromatic carbocycles. The zero-order chi connectivity index (χ0) is 14.0. The Hall–Kier alpha value is -1.58. The molecule has 4 heteroatoms.